The first-order chi connectivity index (χ1) is 8.63. The molecule has 0 saturated carbocycles. The van der Waals surface area contributed by atoms with Crippen LogP contribution in [0.5, 0.6) is 0 Å². The number of carbonyl (C=O) groups excluding carboxylic acids is 1. The molecule has 0 aliphatic rings. The van der Waals surface area contributed by atoms with Crippen LogP contribution in [0.25, 0.3) is 0 Å². The van der Waals surface area contributed by atoms with Crippen molar-refractivity contribution in [3.8, 4) is 0 Å². The molecule has 1 rings (SSSR count). The number of methoxy groups -OCH3 is 1. The lowest BCUT2D eigenvalue weighted by Gasteiger charge is -2.20. The van der Waals surface area contributed by atoms with Crippen LogP contribution in [0.15, 0.2) is 16.8 Å². The number of carboxylic acid groups (broad SMARTS) is 1. The number of rotatable bonds is 7. The van der Waals surface area contributed by atoms with Gasteiger partial charge in [0.1, 0.15) is 6.54 Å². The minimum Gasteiger partial charge on any atom is -0.480 e. The van der Waals surface area contributed by atoms with E-state index in [2.05, 4.69) is 10.5 Å². The summed E-state index contributed by atoms with van der Waals surface area (Å²) in [5.74, 6) is -0.591. The van der Waals surface area contributed by atoms with E-state index in [0.29, 0.717) is 5.76 Å². The van der Waals surface area contributed by atoms with Gasteiger partial charge in [0, 0.05) is 19.7 Å². The van der Waals surface area contributed by atoms with Gasteiger partial charge in [0.05, 0.1) is 19.3 Å². The highest BCUT2D eigenvalue weighted by atomic mass is 16.5. The van der Waals surface area contributed by atoms with Crippen LogP contribution in [0.3, 0.4) is 0 Å². The number of ether oxygens (including phenoxy) is 1. The second-order valence-electron chi connectivity index (χ2n) is 3.45. The number of amides is 2. The van der Waals surface area contributed by atoms with Gasteiger partial charge in [0.15, 0.2) is 5.76 Å². The third kappa shape index (κ3) is 4.83. The van der Waals surface area contributed by atoms with Crippen molar-refractivity contribution in [2.45, 2.75) is 6.54 Å². The summed E-state index contributed by atoms with van der Waals surface area (Å²) in [6.45, 7) is 0.238. The molecule has 0 spiro atoms. The lowest BCUT2D eigenvalue weighted by Crippen LogP contribution is -2.44. The predicted octanol–water partition coefficient (Wildman–Crippen LogP) is -0.0828. The number of aromatic nitrogens is 1. The van der Waals surface area contributed by atoms with Gasteiger partial charge in [-0.3, -0.25) is 4.79 Å². The molecule has 0 aliphatic carbocycles. The summed E-state index contributed by atoms with van der Waals surface area (Å²) in [6.07, 6.45) is 1.46. The van der Waals surface area contributed by atoms with E-state index in [0.717, 1.165) is 4.90 Å². The molecule has 0 aromatic carbocycles. The molecule has 0 saturated heterocycles. The summed E-state index contributed by atoms with van der Waals surface area (Å²) in [4.78, 5) is 23.5. The first kappa shape index (κ1) is 14.0. The number of carboxylic acids is 1. The van der Waals surface area contributed by atoms with E-state index in [1.54, 1.807) is 6.07 Å². The van der Waals surface area contributed by atoms with Gasteiger partial charge >= 0.3 is 12.0 Å². The SMILES string of the molecule is COCCN(CC(=O)O)C(=O)NCc1ccno1. The standard InChI is InChI=1S/C10H15N3O5/c1-17-5-4-13(7-9(14)15)10(16)11-6-8-2-3-12-18-8/h2-3H,4-7H2,1H3,(H,11,16)(H,14,15). The molecule has 0 fully saturated rings. The molecule has 1 aromatic heterocycles. The quantitative estimate of drug-likeness (QED) is 0.707. The molecule has 2 amide bonds. The average Bonchev–Trinajstić information content (AvgIpc) is 2.84. The van der Waals surface area contributed by atoms with Gasteiger partial charge in [0.2, 0.25) is 0 Å². The molecule has 0 bridgehead atoms. The van der Waals surface area contributed by atoms with Crippen molar-refractivity contribution < 1.29 is 24.0 Å². The molecule has 1 heterocycles. The zero-order valence-electron chi connectivity index (χ0n) is 9.96. The van der Waals surface area contributed by atoms with Gasteiger partial charge in [-0.15, -0.1) is 0 Å². The molecule has 18 heavy (non-hydrogen) atoms. The van der Waals surface area contributed by atoms with Crippen LogP contribution in [0.2, 0.25) is 0 Å². The van der Waals surface area contributed by atoms with Crippen LogP contribution >= 0.6 is 0 Å². The third-order valence-electron chi connectivity index (χ3n) is 2.08. The van der Waals surface area contributed by atoms with Gasteiger partial charge < -0.3 is 24.6 Å². The van der Waals surface area contributed by atoms with Crippen molar-refractivity contribution in [2.24, 2.45) is 0 Å². The van der Waals surface area contributed by atoms with E-state index in [9.17, 15) is 9.59 Å². The molecule has 0 atom stereocenters. The second kappa shape index (κ2) is 7.28. The summed E-state index contributed by atoms with van der Waals surface area (Å²) in [5, 5.41) is 14.7. The highest BCUT2D eigenvalue weighted by Gasteiger charge is 2.16. The van der Waals surface area contributed by atoms with Crippen LogP contribution < -0.4 is 5.32 Å². The zero-order chi connectivity index (χ0) is 13.4. The molecule has 100 valence electrons. The van der Waals surface area contributed by atoms with Gasteiger partial charge in [0.25, 0.3) is 0 Å². The maximum Gasteiger partial charge on any atom is 0.323 e. The van der Waals surface area contributed by atoms with Crippen LogP contribution in [0.4, 0.5) is 4.79 Å². The smallest absolute Gasteiger partial charge is 0.323 e. The summed E-state index contributed by atoms with van der Waals surface area (Å²) in [6, 6.07) is 1.11. The molecule has 8 nitrogen and oxygen atoms in total. The molecular formula is C10H15N3O5. The maximum absolute atomic E-state index is 11.7. The van der Waals surface area contributed by atoms with E-state index in [1.807, 2.05) is 0 Å². The lowest BCUT2D eigenvalue weighted by atomic mass is 10.4. The number of nitrogens with one attached hydrogen (secondary N) is 1. The second-order valence-corrected chi connectivity index (χ2v) is 3.45. The number of urea groups is 1. The normalized spacial score (nSPS) is 10.1. The lowest BCUT2D eigenvalue weighted by molar-refractivity contribution is -0.137. The Bertz CT molecular complexity index is 379. The first-order valence-electron chi connectivity index (χ1n) is 5.26. The van der Waals surface area contributed by atoms with Crippen LogP contribution in [0.1, 0.15) is 5.76 Å². The third-order valence-corrected chi connectivity index (χ3v) is 2.08. The average molecular weight is 257 g/mol. The molecule has 0 unspecified atom stereocenters. The Morgan fingerprint density at radius 1 is 1.61 bits per heavy atom. The predicted molar refractivity (Wildman–Crippen MR) is 59.8 cm³/mol. The van der Waals surface area contributed by atoms with Gasteiger partial charge in [-0.1, -0.05) is 5.16 Å². The van der Waals surface area contributed by atoms with Crippen LogP contribution in [-0.4, -0.2) is 54.0 Å². The van der Waals surface area contributed by atoms with Crippen molar-refractivity contribution >= 4 is 12.0 Å². The fraction of sp³-hybridized carbons (Fsp3) is 0.500. The largest absolute Gasteiger partial charge is 0.480 e. The Labute approximate surface area is 103 Å². The molecule has 2 N–H and O–H groups in total. The Balaban J connectivity index is 2.44. The fourth-order valence-electron chi connectivity index (χ4n) is 1.23. The number of hydrogen-bond acceptors (Lipinski definition) is 5. The Morgan fingerprint density at radius 3 is 2.94 bits per heavy atom. The van der Waals surface area contributed by atoms with Crippen molar-refractivity contribution in [3.05, 3.63) is 18.0 Å². The minimum absolute atomic E-state index is 0.155. The summed E-state index contributed by atoms with van der Waals surface area (Å²) < 4.78 is 9.61. The number of carbonyl (C=O) groups is 2. The maximum atomic E-state index is 11.7. The van der Waals surface area contributed by atoms with Crippen molar-refractivity contribution in [1.82, 2.24) is 15.4 Å². The van der Waals surface area contributed by atoms with E-state index < -0.39 is 12.0 Å². The molecular weight excluding hydrogens is 242 g/mol. The first-order valence-corrected chi connectivity index (χ1v) is 5.26. The Hall–Kier alpha value is -2.09. The molecule has 8 heteroatoms. The Kier molecular flexibility index (Phi) is 5.65. The summed E-state index contributed by atoms with van der Waals surface area (Å²) in [7, 11) is 1.48. The number of hydrogen-bond donors (Lipinski definition) is 2. The monoisotopic (exact) mass is 257 g/mol. The van der Waals surface area contributed by atoms with Crippen molar-refractivity contribution in [1.29, 1.82) is 0 Å². The highest BCUT2D eigenvalue weighted by Crippen LogP contribution is 1.97. The molecule has 1 aromatic rings. The number of nitrogens with zero attached hydrogens (tertiary/aromatic N) is 2. The Morgan fingerprint density at radius 2 is 2.39 bits per heavy atom. The highest BCUT2D eigenvalue weighted by molar-refractivity contribution is 5.80. The van der Waals surface area contributed by atoms with E-state index in [-0.39, 0.29) is 26.2 Å². The summed E-state index contributed by atoms with van der Waals surface area (Å²) >= 11 is 0. The zero-order valence-corrected chi connectivity index (χ0v) is 9.96. The fourth-order valence-corrected chi connectivity index (χ4v) is 1.23. The number of aliphatic carboxylic acids is 1. The van der Waals surface area contributed by atoms with Crippen LogP contribution in [-0.2, 0) is 16.1 Å². The van der Waals surface area contributed by atoms with Crippen LogP contribution in [0, 0.1) is 0 Å². The summed E-state index contributed by atoms with van der Waals surface area (Å²) in [5.41, 5.74) is 0. The molecule has 0 aliphatic heterocycles. The van der Waals surface area contributed by atoms with E-state index >= 15 is 0 Å². The molecule has 0 radical (unpaired) electrons. The van der Waals surface area contributed by atoms with E-state index in [4.69, 9.17) is 14.4 Å². The van der Waals surface area contributed by atoms with Crippen molar-refractivity contribution in [3.63, 3.8) is 0 Å². The van der Waals surface area contributed by atoms with Gasteiger partial charge in [-0.2, -0.15) is 0 Å². The topological polar surface area (TPSA) is 105 Å². The van der Waals surface area contributed by atoms with E-state index in [1.165, 1.54) is 13.3 Å². The minimum atomic E-state index is -1.08. The van der Waals surface area contributed by atoms with Crippen molar-refractivity contribution in [2.75, 3.05) is 26.8 Å². The van der Waals surface area contributed by atoms with Gasteiger partial charge in [-0.25, -0.2) is 4.79 Å². The van der Waals surface area contributed by atoms with Gasteiger partial charge in [-0.05, 0) is 0 Å².